The third-order valence-electron chi connectivity index (χ3n) is 1.78. The molecule has 2 rings (SSSR count). The van der Waals surface area contributed by atoms with Gasteiger partial charge in [0.15, 0.2) is 5.82 Å². The maximum atomic E-state index is 10.9. The van der Waals surface area contributed by atoms with Crippen molar-refractivity contribution in [3.63, 3.8) is 0 Å². The second-order valence-corrected chi connectivity index (χ2v) is 4.17. The molecule has 0 spiro atoms. The molecule has 15 heavy (non-hydrogen) atoms. The fourth-order valence-electron chi connectivity index (χ4n) is 1.12. The van der Waals surface area contributed by atoms with Gasteiger partial charge in [0.1, 0.15) is 0 Å². The van der Waals surface area contributed by atoms with Crippen molar-refractivity contribution in [1.82, 2.24) is 15.1 Å². The summed E-state index contributed by atoms with van der Waals surface area (Å²) in [6.45, 7) is 3.33. The monoisotopic (exact) mass is 223 g/mol. The summed E-state index contributed by atoms with van der Waals surface area (Å²) in [5.41, 5.74) is 0.897. The van der Waals surface area contributed by atoms with Crippen LogP contribution in [0.25, 0.3) is 0 Å². The molecule has 0 aliphatic carbocycles. The first-order valence-corrected chi connectivity index (χ1v) is 5.27. The van der Waals surface area contributed by atoms with E-state index >= 15 is 0 Å². The van der Waals surface area contributed by atoms with Crippen LogP contribution in [-0.4, -0.2) is 20.9 Å². The van der Waals surface area contributed by atoms with Crippen LogP contribution in [0.1, 0.15) is 34.1 Å². The van der Waals surface area contributed by atoms with Crippen molar-refractivity contribution in [2.45, 2.75) is 20.3 Å². The van der Waals surface area contributed by atoms with Gasteiger partial charge in [0.05, 0.1) is 17.1 Å². The summed E-state index contributed by atoms with van der Waals surface area (Å²) in [6.07, 6.45) is 0.501. The van der Waals surface area contributed by atoms with E-state index in [1.807, 2.05) is 12.3 Å². The Morgan fingerprint density at radius 2 is 2.33 bits per heavy atom. The molecule has 2 aromatic rings. The van der Waals surface area contributed by atoms with Crippen molar-refractivity contribution in [2.24, 2.45) is 0 Å². The highest BCUT2D eigenvalue weighted by Gasteiger charge is 2.11. The van der Waals surface area contributed by atoms with E-state index < -0.39 is 0 Å². The molecule has 6 heteroatoms. The minimum Gasteiger partial charge on any atom is -0.331 e. The normalized spacial score (nSPS) is 10.5. The minimum absolute atomic E-state index is 0.0527. The predicted molar refractivity (Wildman–Crippen MR) is 54.0 cm³/mol. The average molecular weight is 223 g/mol. The number of nitrogens with zero attached hydrogens (tertiary/aromatic N) is 3. The van der Waals surface area contributed by atoms with Gasteiger partial charge in [0.25, 0.3) is 5.89 Å². The summed E-state index contributed by atoms with van der Waals surface area (Å²) in [5, 5.41) is 6.64. The molecule has 0 saturated heterocycles. The Bertz CT molecular complexity index is 489. The first kappa shape index (κ1) is 9.97. The van der Waals surface area contributed by atoms with Gasteiger partial charge in [-0.25, -0.2) is 4.98 Å². The van der Waals surface area contributed by atoms with E-state index in [2.05, 4.69) is 15.1 Å². The lowest BCUT2D eigenvalue weighted by Gasteiger charge is -1.86. The second-order valence-electron chi connectivity index (χ2n) is 3.11. The Hall–Kier alpha value is -1.56. The van der Waals surface area contributed by atoms with Crippen molar-refractivity contribution >= 4 is 17.1 Å². The minimum atomic E-state index is -0.219. The zero-order valence-corrected chi connectivity index (χ0v) is 9.17. The van der Waals surface area contributed by atoms with Crippen LogP contribution in [0.15, 0.2) is 9.90 Å². The standard InChI is InChI=1S/C9H9N3O2S/c1-5(13)9-11-8(12-14-9)3-7-4-15-6(2)10-7/h4H,3H2,1-2H3. The van der Waals surface area contributed by atoms with Gasteiger partial charge in [-0.15, -0.1) is 11.3 Å². The van der Waals surface area contributed by atoms with E-state index in [1.165, 1.54) is 6.92 Å². The van der Waals surface area contributed by atoms with Crippen LogP contribution in [0.2, 0.25) is 0 Å². The van der Waals surface area contributed by atoms with Gasteiger partial charge in [0.2, 0.25) is 5.78 Å². The molecular formula is C9H9N3O2S. The van der Waals surface area contributed by atoms with Crippen LogP contribution in [0.3, 0.4) is 0 Å². The smallest absolute Gasteiger partial charge is 0.293 e. The zero-order chi connectivity index (χ0) is 10.8. The summed E-state index contributed by atoms with van der Waals surface area (Å²) >= 11 is 1.57. The predicted octanol–water partition coefficient (Wildman–Crippen LogP) is 1.63. The summed E-state index contributed by atoms with van der Waals surface area (Å²) in [4.78, 5) is 19.1. The molecule has 0 bridgehead atoms. The van der Waals surface area contributed by atoms with Gasteiger partial charge >= 0.3 is 0 Å². The topological polar surface area (TPSA) is 68.9 Å². The maximum Gasteiger partial charge on any atom is 0.293 e. The van der Waals surface area contributed by atoms with Gasteiger partial charge in [-0.2, -0.15) is 4.98 Å². The molecule has 0 atom stereocenters. The Labute approximate surface area is 90.2 Å². The summed E-state index contributed by atoms with van der Waals surface area (Å²) in [6, 6.07) is 0. The first-order valence-electron chi connectivity index (χ1n) is 4.39. The molecule has 0 saturated carbocycles. The van der Waals surface area contributed by atoms with Crippen molar-refractivity contribution in [1.29, 1.82) is 0 Å². The lowest BCUT2D eigenvalue weighted by Crippen LogP contribution is -1.94. The number of rotatable bonds is 3. The molecule has 0 radical (unpaired) electrons. The fourth-order valence-corrected chi connectivity index (χ4v) is 1.73. The van der Waals surface area contributed by atoms with Crippen molar-refractivity contribution < 1.29 is 9.32 Å². The highest BCUT2D eigenvalue weighted by Crippen LogP contribution is 2.11. The number of hydrogen-bond donors (Lipinski definition) is 0. The molecule has 0 aliphatic heterocycles. The molecule has 0 fully saturated rings. The van der Waals surface area contributed by atoms with E-state index in [9.17, 15) is 4.79 Å². The highest BCUT2D eigenvalue weighted by molar-refractivity contribution is 7.09. The Kier molecular flexibility index (Phi) is 2.59. The van der Waals surface area contributed by atoms with Crippen LogP contribution in [0.5, 0.6) is 0 Å². The van der Waals surface area contributed by atoms with E-state index in [0.29, 0.717) is 12.2 Å². The van der Waals surface area contributed by atoms with Gasteiger partial charge in [-0.05, 0) is 6.92 Å². The van der Waals surface area contributed by atoms with Crippen LogP contribution < -0.4 is 0 Å². The Morgan fingerprint density at radius 1 is 1.53 bits per heavy atom. The van der Waals surface area contributed by atoms with Gasteiger partial charge < -0.3 is 4.52 Å². The van der Waals surface area contributed by atoms with Gasteiger partial charge in [-0.1, -0.05) is 5.16 Å². The number of aromatic nitrogens is 3. The molecule has 2 heterocycles. The van der Waals surface area contributed by atoms with E-state index in [-0.39, 0.29) is 11.7 Å². The van der Waals surface area contributed by atoms with Crippen LogP contribution in [0, 0.1) is 6.92 Å². The first-order chi connectivity index (χ1) is 7.15. The molecule has 0 unspecified atom stereocenters. The molecule has 0 amide bonds. The third-order valence-corrected chi connectivity index (χ3v) is 2.60. The van der Waals surface area contributed by atoms with Crippen LogP contribution >= 0.6 is 11.3 Å². The third kappa shape index (κ3) is 2.27. The summed E-state index contributed by atoms with van der Waals surface area (Å²) in [5.74, 6) is 0.325. The number of thiazole rings is 1. The number of Topliss-reactive ketones (excluding diaryl/α,β-unsaturated/α-hetero) is 1. The number of carbonyl (C=O) groups excluding carboxylic acids is 1. The fraction of sp³-hybridized carbons (Fsp3) is 0.333. The Morgan fingerprint density at radius 3 is 2.87 bits per heavy atom. The zero-order valence-electron chi connectivity index (χ0n) is 8.35. The molecule has 5 nitrogen and oxygen atoms in total. The van der Waals surface area contributed by atoms with E-state index in [0.717, 1.165) is 10.7 Å². The number of hydrogen-bond acceptors (Lipinski definition) is 6. The van der Waals surface area contributed by atoms with Crippen LogP contribution in [0.4, 0.5) is 0 Å². The molecule has 0 aromatic carbocycles. The van der Waals surface area contributed by atoms with Crippen molar-refractivity contribution in [2.75, 3.05) is 0 Å². The highest BCUT2D eigenvalue weighted by atomic mass is 32.1. The maximum absolute atomic E-state index is 10.9. The Balaban J connectivity index is 2.14. The molecule has 78 valence electrons. The molecular weight excluding hydrogens is 214 g/mol. The summed E-state index contributed by atoms with van der Waals surface area (Å²) in [7, 11) is 0. The van der Waals surface area contributed by atoms with E-state index in [1.54, 1.807) is 11.3 Å². The van der Waals surface area contributed by atoms with Gasteiger partial charge in [0, 0.05) is 12.3 Å². The lowest BCUT2D eigenvalue weighted by molar-refractivity contribution is 0.0972. The SMILES string of the molecule is CC(=O)c1nc(Cc2csc(C)n2)no1. The molecule has 2 aromatic heterocycles. The van der Waals surface area contributed by atoms with E-state index in [4.69, 9.17) is 4.52 Å². The number of carbonyl (C=O) groups is 1. The number of ketones is 1. The number of aryl methyl sites for hydroxylation is 1. The molecule has 0 aliphatic rings. The van der Waals surface area contributed by atoms with Crippen molar-refractivity contribution in [3.8, 4) is 0 Å². The largest absolute Gasteiger partial charge is 0.331 e. The second kappa shape index (κ2) is 3.90. The van der Waals surface area contributed by atoms with Gasteiger partial charge in [-0.3, -0.25) is 4.79 Å². The van der Waals surface area contributed by atoms with Crippen LogP contribution in [-0.2, 0) is 6.42 Å². The molecule has 0 N–H and O–H groups in total. The average Bonchev–Trinajstić information content (AvgIpc) is 2.76. The quantitative estimate of drug-likeness (QED) is 0.740. The summed E-state index contributed by atoms with van der Waals surface area (Å²) < 4.78 is 4.77. The van der Waals surface area contributed by atoms with Crippen molar-refractivity contribution in [3.05, 3.63) is 27.8 Å². The lowest BCUT2D eigenvalue weighted by atomic mass is 10.3.